The van der Waals surface area contributed by atoms with Crippen LogP contribution in [0.25, 0.3) is 0 Å². The summed E-state index contributed by atoms with van der Waals surface area (Å²) in [4.78, 5) is 75.3. The number of hydrogen-bond acceptors (Lipinski definition) is 17. The molecule has 0 saturated carbocycles. The molecule has 0 aliphatic carbocycles. The fourth-order valence-electron chi connectivity index (χ4n) is 12.1. The van der Waals surface area contributed by atoms with Crippen LogP contribution in [0.4, 0.5) is 0 Å². The molecule has 22 heteroatoms. The van der Waals surface area contributed by atoms with Gasteiger partial charge in [0.1, 0.15) is 30.5 Å². The van der Waals surface area contributed by atoms with E-state index in [0.717, 1.165) is 116 Å². The third kappa shape index (κ3) is 40.8. The summed E-state index contributed by atoms with van der Waals surface area (Å²) in [6.45, 7) is 6.77. The molecule has 2 aliphatic heterocycles. The van der Waals surface area contributed by atoms with Gasteiger partial charge in [-0.3, -0.25) is 23.7 Å². The number of rotatable bonds is 58. The second-order valence-corrected chi connectivity index (χ2v) is 27.3. The summed E-state index contributed by atoms with van der Waals surface area (Å²) < 4.78 is 47.9. The normalized spacial score (nSPS) is 22.6. The highest BCUT2D eigenvalue weighted by Crippen LogP contribution is 2.42. The number of carbonyl (C=O) groups excluding carboxylic acids is 4. The summed E-state index contributed by atoms with van der Waals surface area (Å²) in [7, 11) is -5.46. The topological polar surface area (TPSA) is 327 Å². The van der Waals surface area contributed by atoms with E-state index < -0.39 is 143 Å². The van der Waals surface area contributed by atoms with Crippen molar-refractivity contribution in [1.29, 1.82) is 0 Å². The second kappa shape index (κ2) is 52.9. The van der Waals surface area contributed by atoms with Crippen LogP contribution in [0.1, 0.15) is 310 Å². The molecule has 530 valence electrons. The number of carbonyl (C=O) groups is 4. The highest BCUT2D eigenvalue weighted by Gasteiger charge is 2.53. The van der Waals surface area contributed by atoms with Gasteiger partial charge in [0.2, 0.25) is 11.8 Å². The van der Waals surface area contributed by atoms with E-state index in [2.05, 4.69) is 38.3 Å². The minimum atomic E-state index is -5.46. The van der Waals surface area contributed by atoms with E-state index >= 15 is 0 Å². The molecule has 90 heavy (non-hydrogen) atoms. The summed E-state index contributed by atoms with van der Waals surface area (Å²) >= 11 is 0. The Kier molecular flexibility index (Phi) is 49.2. The lowest BCUT2D eigenvalue weighted by molar-refractivity contribution is -0.282. The van der Waals surface area contributed by atoms with Gasteiger partial charge in [-0.2, -0.15) is 0 Å². The molecule has 2 saturated heterocycles. The number of hydrogen-bond donors (Lipinski definition) is 10. The van der Waals surface area contributed by atoms with Gasteiger partial charge in [-0.05, 0) is 25.7 Å². The molecule has 2 rings (SSSR count). The molecule has 9 unspecified atom stereocenters. The van der Waals surface area contributed by atoms with Crippen LogP contribution < -0.4 is 10.6 Å². The number of ether oxygens (including phenoxy) is 5. The first kappa shape index (κ1) is 83.7. The van der Waals surface area contributed by atoms with E-state index in [1.165, 1.54) is 96.3 Å². The number of phosphoric acid groups is 1. The van der Waals surface area contributed by atoms with Gasteiger partial charge in [-0.25, -0.2) is 4.57 Å². The Morgan fingerprint density at radius 1 is 0.467 bits per heavy atom. The van der Waals surface area contributed by atoms with Crippen LogP contribution in [0.5, 0.6) is 0 Å². The van der Waals surface area contributed by atoms with Gasteiger partial charge in [0.25, 0.3) is 0 Å². The standard InChI is InChI=1S/C68H129N2O19P/c1-5-9-13-17-21-25-29-33-37-41-52(72)45-59(76)69-56-50-84-58(64(80)65(56)87-61(78)47-54(74)43-39-35-31-27-23-19-15-11-7-3)51-85-68-63(70-60(77)46-53(73)42-38-34-30-26-22-18-14-10-6-2)67(66(57(49-71)86-68)89-90(81,82)83)88-62(79)48-55(75)44-40-36-32-28-24-20-16-12-8-4/h52-58,63-68,71-75,80H,5-51H2,1-4H3,(H,69,76)(H,70,77)(H2,81,82,83)/t52-,53-,54-,55-,56?,57?,58?,63?,64?,65?,66?,67?,68?/m1/s1. The first-order valence-corrected chi connectivity index (χ1v) is 37.5. The number of esters is 2. The van der Waals surface area contributed by atoms with Crippen LogP contribution in [-0.4, -0.2) is 163 Å². The summed E-state index contributed by atoms with van der Waals surface area (Å²) in [6.07, 6.45) is 21.8. The number of amides is 2. The van der Waals surface area contributed by atoms with Crippen LogP contribution in [0.3, 0.4) is 0 Å². The molecule has 0 aromatic carbocycles. The molecular weight excluding hydrogens is 1180 g/mol. The highest BCUT2D eigenvalue weighted by atomic mass is 31.2. The van der Waals surface area contributed by atoms with Crippen molar-refractivity contribution in [2.24, 2.45) is 0 Å². The quantitative estimate of drug-likeness (QED) is 0.0154. The van der Waals surface area contributed by atoms with Gasteiger partial charge in [0.15, 0.2) is 18.5 Å². The first-order chi connectivity index (χ1) is 43.3. The van der Waals surface area contributed by atoms with Crippen molar-refractivity contribution in [3.8, 4) is 0 Å². The number of aliphatic hydroxyl groups is 6. The van der Waals surface area contributed by atoms with E-state index in [-0.39, 0.29) is 19.4 Å². The van der Waals surface area contributed by atoms with Crippen molar-refractivity contribution in [2.75, 3.05) is 19.8 Å². The molecule has 13 atom stereocenters. The van der Waals surface area contributed by atoms with Crippen molar-refractivity contribution in [3.63, 3.8) is 0 Å². The van der Waals surface area contributed by atoms with E-state index in [9.17, 15) is 64.2 Å². The lowest BCUT2D eigenvalue weighted by Gasteiger charge is -2.46. The summed E-state index contributed by atoms with van der Waals surface area (Å²) in [5.74, 6) is -3.24. The maximum atomic E-state index is 14.0. The molecule has 2 amide bonds. The van der Waals surface area contributed by atoms with E-state index in [1.54, 1.807) is 0 Å². The van der Waals surface area contributed by atoms with Gasteiger partial charge in [0, 0.05) is 0 Å². The van der Waals surface area contributed by atoms with Crippen LogP contribution in [0.15, 0.2) is 0 Å². The number of phosphoric ester groups is 1. The van der Waals surface area contributed by atoms with E-state index in [0.29, 0.717) is 38.5 Å². The Labute approximate surface area is 542 Å². The SMILES string of the molecule is CCCCCCCCCCC[C@@H](O)CC(=O)NC1COC(COC2OC(CO)C(OP(=O)(O)O)C(OC(=O)C[C@H](O)CCCCCCCCCCC)C2NC(=O)C[C@H](O)CCCCCCCCCCC)C(O)C1OC(=O)C[C@H](O)CCCCCCCCCCC. The summed E-state index contributed by atoms with van der Waals surface area (Å²) in [5, 5.41) is 72.1. The molecule has 0 spiro atoms. The maximum Gasteiger partial charge on any atom is 0.470 e. The Balaban J connectivity index is 2.37. The fourth-order valence-corrected chi connectivity index (χ4v) is 12.7. The molecule has 21 nitrogen and oxygen atoms in total. The minimum Gasteiger partial charge on any atom is -0.457 e. The van der Waals surface area contributed by atoms with Crippen molar-refractivity contribution >= 4 is 31.6 Å². The third-order valence-corrected chi connectivity index (χ3v) is 18.1. The predicted molar refractivity (Wildman–Crippen MR) is 348 cm³/mol. The van der Waals surface area contributed by atoms with Crippen LogP contribution in [-0.2, 0) is 52.0 Å². The fraction of sp³-hybridized carbons (Fsp3) is 0.941. The lowest BCUT2D eigenvalue weighted by atomic mass is 9.95. The molecule has 2 fully saturated rings. The van der Waals surface area contributed by atoms with Gasteiger partial charge < -0.3 is 74.7 Å². The lowest BCUT2D eigenvalue weighted by Crippen LogP contribution is -2.67. The summed E-state index contributed by atoms with van der Waals surface area (Å²) in [6, 6.07) is -2.81. The van der Waals surface area contributed by atoms with E-state index in [1.807, 2.05) is 0 Å². The van der Waals surface area contributed by atoms with Crippen molar-refractivity contribution in [1.82, 2.24) is 10.6 Å². The third-order valence-electron chi connectivity index (χ3n) is 17.5. The van der Waals surface area contributed by atoms with Gasteiger partial charge in [0.05, 0.1) is 76.0 Å². The Morgan fingerprint density at radius 2 is 0.800 bits per heavy atom. The Morgan fingerprint density at radius 3 is 1.16 bits per heavy atom. The van der Waals surface area contributed by atoms with Gasteiger partial charge in [-0.1, -0.05) is 259 Å². The van der Waals surface area contributed by atoms with E-state index in [4.69, 9.17) is 28.2 Å². The zero-order valence-electron chi connectivity index (χ0n) is 56.3. The maximum absolute atomic E-state index is 14.0. The molecule has 10 N–H and O–H groups in total. The average Bonchev–Trinajstić information content (AvgIpc) is 0.854. The molecule has 0 aromatic heterocycles. The van der Waals surface area contributed by atoms with Crippen molar-refractivity contribution < 1.29 is 92.4 Å². The Bertz CT molecular complexity index is 1850. The second-order valence-electron chi connectivity index (χ2n) is 26.1. The molecule has 0 bridgehead atoms. The highest BCUT2D eigenvalue weighted by molar-refractivity contribution is 7.46. The number of unbranched alkanes of at least 4 members (excludes halogenated alkanes) is 32. The summed E-state index contributed by atoms with van der Waals surface area (Å²) in [5.41, 5.74) is 0. The monoisotopic (exact) mass is 1310 g/mol. The van der Waals surface area contributed by atoms with Crippen molar-refractivity contribution in [3.05, 3.63) is 0 Å². The van der Waals surface area contributed by atoms with Gasteiger partial charge in [-0.15, -0.1) is 0 Å². The first-order valence-electron chi connectivity index (χ1n) is 36.0. The van der Waals surface area contributed by atoms with Crippen LogP contribution >= 0.6 is 7.82 Å². The molecule has 0 radical (unpaired) electrons. The molecular formula is C68H129N2O19P. The minimum absolute atomic E-state index is 0.259. The number of nitrogens with one attached hydrogen (secondary N) is 2. The van der Waals surface area contributed by atoms with Crippen LogP contribution in [0.2, 0.25) is 0 Å². The zero-order chi connectivity index (χ0) is 66.2. The zero-order valence-corrected chi connectivity index (χ0v) is 57.1. The predicted octanol–water partition coefficient (Wildman–Crippen LogP) is 11.4. The molecule has 2 heterocycles. The average molecular weight is 1310 g/mol. The molecule has 2 aliphatic rings. The molecule has 0 aromatic rings. The van der Waals surface area contributed by atoms with Crippen molar-refractivity contribution in [2.45, 2.75) is 390 Å². The number of aliphatic hydroxyl groups excluding tert-OH is 6. The van der Waals surface area contributed by atoms with Gasteiger partial charge >= 0.3 is 19.8 Å². The Hall–Kier alpha value is -2.37. The smallest absolute Gasteiger partial charge is 0.457 e. The largest absolute Gasteiger partial charge is 0.470 e. The van der Waals surface area contributed by atoms with Crippen LogP contribution in [0, 0.1) is 0 Å².